The molecule has 0 aliphatic carbocycles. The minimum atomic E-state index is 0.882. The predicted molar refractivity (Wildman–Crippen MR) is 55.0 cm³/mol. The van der Waals surface area contributed by atoms with Gasteiger partial charge in [0.05, 0.1) is 0 Å². The van der Waals surface area contributed by atoms with E-state index in [0.717, 1.165) is 10.9 Å². The lowest BCUT2D eigenvalue weighted by Gasteiger charge is -1.95. The van der Waals surface area contributed by atoms with Crippen molar-refractivity contribution in [2.75, 3.05) is 0 Å². The molecule has 2 aromatic heterocycles. The summed E-state index contributed by atoms with van der Waals surface area (Å²) < 4.78 is 0. The van der Waals surface area contributed by atoms with Gasteiger partial charge in [0.1, 0.15) is 6.33 Å². The van der Waals surface area contributed by atoms with Gasteiger partial charge in [0, 0.05) is 10.6 Å². The van der Waals surface area contributed by atoms with Gasteiger partial charge in [-0.3, -0.25) is 5.10 Å². The fourth-order valence-electron chi connectivity index (χ4n) is 0.950. The predicted octanol–water partition coefficient (Wildman–Crippen LogP) is 2.47. The number of aromatic amines is 1. The molecule has 0 amide bonds. The third kappa shape index (κ3) is 2.10. The van der Waals surface area contributed by atoms with Gasteiger partial charge in [-0.1, -0.05) is 11.8 Å². The maximum atomic E-state index is 4.05. The van der Waals surface area contributed by atoms with Crippen LogP contribution in [0.4, 0.5) is 0 Å². The van der Waals surface area contributed by atoms with Crippen molar-refractivity contribution in [1.82, 2.24) is 15.2 Å². The molecule has 0 aliphatic rings. The van der Waals surface area contributed by atoms with E-state index in [1.807, 2.05) is 0 Å². The first kappa shape index (κ1) is 8.77. The highest BCUT2D eigenvalue weighted by Gasteiger charge is 2.02. The maximum absolute atomic E-state index is 4.05. The molecule has 0 saturated heterocycles. The van der Waals surface area contributed by atoms with E-state index in [1.165, 1.54) is 16.8 Å². The number of nitrogens with one attached hydrogen (secondary N) is 1. The molecule has 0 radical (unpaired) electrons. The summed E-state index contributed by atoms with van der Waals surface area (Å²) in [6.07, 6.45) is 1.53. The lowest BCUT2D eigenvalue weighted by molar-refractivity contribution is 0.973. The maximum Gasteiger partial charge on any atom is 0.183 e. The zero-order valence-electron chi connectivity index (χ0n) is 7.15. The van der Waals surface area contributed by atoms with Crippen LogP contribution < -0.4 is 0 Å². The van der Waals surface area contributed by atoms with Crippen molar-refractivity contribution in [1.29, 1.82) is 0 Å². The number of hydrogen-bond donors (Lipinski definition) is 1. The Bertz CT molecular complexity index is 366. The molecular formula is C8H9N3S2. The second-order valence-electron chi connectivity index (χ2n) is 2.61. The van der Waals surface area contributed by atoms with Gasteiger partial charge < -0.3 is 0 Å². The molecule has 0 bridgehead atoms. The number of hydrogen-bond acceptors (Lipinski definition) is 4. The third-order valence-electron chi connectivity index (χ3n) is 1.70. The van der Waals surface area contributed by atoms with Crippen molar-refractivity contribution in [2.45, 2.75) is 17.8 Å². The third-order valence-corrected chi connectivity index (χ3v) is 3.81. The van der Waals surface area contributed by atoms with Gasteiger partial charge in [0.15, 0.2) is 5.16 Å². The van der Waals surface area contributed by atoms with E-state index in [1.54, 1.807) is 23.1 Å². The standard InChI is InChI=1S/C8H9N3S2/c1-6-2-3-12-7(6)4-13-8-9-5-10-11-8/h2-3,5H,4H2,1H3,(H,9,10,11). The smallest absolute Gasteiger partial charge is 0.183 e. The van der Waals surface area contributed by atoms with Crippen LogP contribution in [0.3, 0.4) is 0 Å². The van der Waals surface area contributed by atoms with Crippen LogP contribution in [0.25, 0.3) is 0 Å². The summed E-state index contributed by atoms with van der Waals surface area (Å²) in [6, 6.07) is 2.14. The Labute approximate surface area is 84.6 Å². The van der Waals surface area contributed by atoms with Gasteiger partial charge >= 0.3 is 0 Å². The summed E-state index contributed by atoms with van der Waals surface area (Å²) in [5, 5.41) is 9.62. The van der Waals surface area contributed by atoms with Crippen molar-refractivity contribution in [3.63, 3.8) is 0 Å². The van der Waals surface area contributed by atoms with E-state index in [2.05, 4.69) is 33.6 Å². The molecule has 0 spiro atoms. The minimum absolute atomic E-state index is 0.882. The largest absolute Gasteiger partial charge is 0.254 e. The highest BCUT2D eigenvalue weighted by atomic mass is 32.2. The van der Waals surface area contributed by atoms with E-state index in [-0.39, 0.29) is 0 Å². The lowest BCUT2D eigenvalue weighted by Crippen LogP contribution is -1.80. The summed E-state index contributed by atoms with van der Waals surface area (Å²) in [7, 11) is 0. The number of aromatic nitrogens is 3. The van der Waals surface area contributed by atoms with Crippen LogP contribution in [-0.4, -0.2) is 15.2 Å². The van der Waals surface area contributed by atoms with E-state index in [0.29, 0.717) is 0 Å². The second-order valence-corrected chi connectivity index (χ2v) is 4.57. The van der Waals surface area contributed by atoms with Crippen LogP contribution in [0.1, 0.15) is 10.4 Å². The lowest BCUT2D eigenvalue weighted by atomic mass is 10.3. The van der Waals surface area contributed by atoms with Gasteiger partial charge in [0.2, 0.25) is 0 Å². The van der Waals surface area contributed by atoms with Gasteiger partial charge in [0.25, 0.3) is 0 Å². The molecule has 1 N–H and O–H groups in total. The van der Waals surface area contributed by atoms with Crippen molar-refractivity contribution in [2.24, 2.45) is 0 Å². The Hall–Kier alpha value is -0.810. The molecule has 0 saturated carbocycles. The van der Waals surface area contributed by atoms with E-state index in [4.69, 9.17) is 0 Å². The molecule has 2 aromatic rings. The normalized spacial score (nSPS) is 10.5. The summed E-state index contributed by atoms with van der Waals surface area (Å²) >= 11 is 3.47. The molecule has 2 rings (SSSR count). The number of rotatable bonds is 3. The quantitative estimate of drug-likeness (QED) is 0.793. The summed E-state index contributed by atoms with van der Waals surface area (Å²) in [6.45, 7) is 2.13. The van der Waals surface area contributed by atoms with Crippen LogP contribution >= 0.6 is 23.1 Å². The molecule has 13 heavy (non-hydrogen) atoms. The number of nitrogens with zero attached hydrogens (tertiary/aromatic N) is 2. The summed E-state index contributed by atoms with van der Waals surface area (Å²) in [5.41, 5.74) is 1.36. The number of aryl methyl sites for hydroxylation is 1. The van der Waals surface area contributed by atoms with Crippen molar-refractivity contribution < 1.29 is 0 Å². The van der Waals surface area contributed by atoms with E-state index >= 15 is 0 Å². The Morgan fingerprint density at radius 1 is 1.62 bits per heavy atom. The molecule has 0 aromatic carbocycles. The zero-order valence-corrected chi connectivity index (χ0v) is 8.78. The fraction of sp³-hybridized carbons (Fsp3) is 0.250. The first-order valence-corrected chi connectivity index (χ1v) is 5.74. The highest BCUT2D eigenvalue weighted by Crippen LogP contribution is 2.24. The molecule has 2 heterocycles. The highest BCUT2D eigenvalue weighted by molar-refractivity contribution is 7.98. The van der Waals surface area contributed by atoms with Crippen LogP contribution in [0.15, 0.2) is 22.9 Å². The van der Waals surface area contributed by atoms with Crippen molar-refractivity contribution in [3.05, 3.63) is 28.2 Å². The number of thiophene rings is 1. The van der Waals surface area contributed by atoms with Gasteiger partial charge in [-0.15, -0.1) is 11.3 Å². The van der Waals surface area contributed by atoms with Crippen LogP contribution in [0.5, 0.6) is 0 Å². The van der Waals surface area contributed by atoms with Crippen molar-refractivity contribution >= 4 is 23.1 Å². The van der Waals surface area contributed by atoms with Crippen LogP contribution in [0.2, 0.25) is 0 Å². The minimum Gasteiger partial charge on any atom is -0.254 e. The van der Waals surface area contributed by atoms with Crippen LogP contribution in [0, 0.1) is 6.92 Å². The van der Waals surface area contributed by atoms with E-state index in [9.17, 15) is 0 Å². The van der Waals surface area contributed by atoms with Gasteiger partial charge in [-0.2, -0.15) is 5.10 Å². The van der Waals surface area contributed by atoms with Gasteiger partial charge in [-0.25, -0.2) is 4.98 Å². The summed E-state index contributed by atoms with van der Waals surface area (Å²) in [5.74, 6) is 0.971. The Balaban J connectivity index is 1.97. The number of thioether (sulfide) groups is 1. The second kappa shape index (κ2) is 3.93. The molecule has 0 unspecified atom stereocenters. The molecule has 0 aliphatic heterocycles. The topological polar surface area (TPSA) is 41.6 Å². The number of H-pyrrole nitrogens is 1. The first-order valence-electron chi connectivity index (χ1n) is 3.87. The van der Waals surface area contributed by atoms with E-state index < -0.39 is 0 Å². The van der Waals surface area contributed by atoms with Crippen LogP contribution in [-0.2, 0) is 5.75 Å². The first-order chi connectivity index (χ1) is 6.36. The van der Waals surface area contributed by atoms with Crippen molar-refractivity contribution in [3.8, 4) is 0 Å². The molecule has 3 nitrogen and oxygen atoms in total. The molecule has 68 valence electrons. The molecular weight excluding hydrogens is 202 g/mol. The van der Waals surface area contributed by atoms with Gasteiger partial charge in [-0.05, 0) is 23.9 Å². The molecule has 0 fully saturated rings. The molecule has 0 atom stereocenters. The Kier molecular flexibility index (Phi) is 2.65. The summed E-state index contributed by atoms with van der Waals surface area (Å²) in [4.78, 5) is 5.45. The average Bonchev–Trinajstić information content (AvgIpc) is 2.72. The fourth-order valence-corrected chi connectivity index (χ4v) is 2.82. The Morgan fingerprint density at radius 2 is 2.54 bits per heavy atom. The monoisotopic (exact) mass is 211 g/mol. The Morgan fingerprint density at radius 3 is 3.15 bits per heavy atom. The SMILES string of the molecule is Cc1ccsc1CSc1ncn[nH]1. The zero-order chi connectivity index (χ0) is 9.10. The molecule has 5 heteroatoms. The average molecular weight is 211 g/mol.